The van der Waals surface area contributed by atoms with E-state index < -0.39 is 9.84 Å². The van der Waals surface area contributed by atoms with Gasteiger partial charge in [-0.05, 0) is 25.7 Å². The van der Waals surface area contributed by atoms with E-state index in [9.17, 15) is 18.0 Å². The van der Waals surface area contributed by atoms with Crippen molar-refractivity contribution in [2.24, 2.45) is 11.8 Å². The minimum atomic E-state index is -3.00. The van der Waals surface area contributed by atoms with Gasteiger partial charge in [0.05, 0.1) is 23.3 Å². The van der Waals surface area contributed by atoms with Gasteiger partial charge in [0.15, 0.2) is 9.84 Å². The van der Waals surface area contributed by atoms with Crippen LogP contribution in [0.1, 0.15) is 38.5 Å². The summed E-state index contributed by atoms with van der Waals surface area (Å²) in [6, 6.07) is 0.0539. The van der Waals surface area contributed by atoms with Crippen LogP contribution in [-0.4, -0.2) is 55.8 Å². The summed E-state index contributed by atoms with van der Waals surface area (Å²) in [6.07, 6.45) is 5.51. The molecule has 0 bridgehead atoms. The van der Waals surface area contributed by atoms with Crippen molar-refractivity contribution in [3.05, 3.63) is 0 Å². The fraction of sp³-hybridized carbons (Fsp3) is 0.867. The average Bonchev–Trinajstić information content (AvgIpc) is 2.96. The molecule has 124 valence electrons. The second-order valence-electron chi connectivity index (χ2n) is 6.94. The summed E-state index contributed by atoms with van der Waals surface area (Å²) in [5.74, 6) is -0.332. The van der Waals surface area contributed by atoms with Crippen LogP contribution in [0, 0.1) is 11.8 Å². The van der Waals surface area contributed by atoms with Crippen molar-refractivity contribution >= 4 is 21.7 Å². The Balaban J connectivity index is 1.50. The van der Waals surface area contributed by atoms with E-state index in [0.717, 1.165) is 25.7 Å². The maximum absolute atomic E-state index is 12.4. The molecule has 2 aliphatic carbocycles. The summed E-state index contributed by atoms with van der Waals surface area (Å²) >= 11 is 0. The van der Waals surface area contributed by atoms with Gasteiger partial charge in [-0.15, -0.1) is 0 Å². The van der Waals surface area contributed by atoms with Crippen LogP contribution >= 0.6 is 0 Å². The van der Waals surface area contributed by atoms with E-state index in [1.807, 2.05) is 0 Å². The third-order valence-electron chi connectivity index (χ3n) is 5.25. The van der Waals surface area contributed by atoms with E-state index in [1.165, 1.54) is 0 Å². The predicted octanol–water partition coefficient (Wildman–Crippen LogP) is 0.327. The largest absolute Gasteiger partial charge is 0.353 e. The number of nitrogens with zero attached hydrogens (tertiary/aromatic N) is 1. The standard InChI is InChI=1S/C15H24N2O4S/c1-17(11-6-7-22(20,21)9-11)15(19)13-8-12(13)14(18)16-10-4-2-3-5-10/h10-13H,2-9H2,1H3,(H,16,18). The summed E-state index contributed by atoms with van der Waals surface area (Å²) in [5, 5.41) is 3.04. The molecule has 3 rings (SSSR count). The lowest BCUT2D eigenvalue weighted by molar-refractivity contribution is -0.135. The first kappa shape index (κ1) is 15.8. The highest BCUT2D eigenvalue weighted by Crippen LogP contribution is 2.41. The van der Waals surface area contributed by atoms with E-state index >= 15 is 0 Å². The lowest BCUT2D eigenvalue weighted by atomic mass is 10.2. The second-order valence-corrected chi connectivity index (χ2v) is 9.17. The van der Waals surface area contributed by atoms with Gasteiger partial charge in [0.2, 0.25) is 11.8 Å². The van der Waals surface area contributed by atoms with Crippen LogP contribution in [0.5, 0.6) is 0 Å². The number of hydrogen-bond acceptors (Lipinski definition) is 4. The van der Waals surface area contributed by atoms with Crippen molar-refractivity contribution in [3.63, 3.8) is 0 Å². The molecule has 3 unspecified atom stereocenters. The van der Waals surface area contributed by atoms with Crippen molar-refractivity contribution < 1.29 is 18.0 Å². The van der Waals surface area contributed by atoms with E-state index in [-0.39, 0.29) is 47.2 Å². The molecule has 0 aromatic carbocycles. The minimum absolute atomic E-state index is 0.00214. The van der Waals surface area contributed by atoms with E-state index in [0.29, 0.717) is 12.8 Å². The van der Waals surface area contributed by atoms with Crippen molar-refractivity contribution in [3.8, 4) is 0 Å². The zero-order valence-electron chi connectivity index (χ0n) is 13.0. The van der Waals surface area contributed by atoms with Crippen LogP contribution in [-0.2, 0) is 19.4 Å². The van der Waals surface area contributed by atoms with E-state index in [2.05, 4.69) is 5.32 Å². The molecule has 7 heteroatoms. The molecule has 2 saturated carbocycles. The normalized spacial score (nSPS) is 33.6. The Kier molecular flexibility index (Phi) is 4.18. The molecule has 0 spiro atoms. The Morgan fingerprint density at radius 2 is 1.77 bits per heavy atom. The first-order valence-corrected chi connectivity index (χ1v) is 9.97. The Morgan fingerprint density at radius 3 is 2.36 bits per heavy atom. The molecule has 3 atom stereocenters. The van der Waals surface area contributed by atoms with E-state index in [1.54, 1.807) is 11.9 Å². The highest BCUT2D eigenvalue weighted by Gasteiger charge is 2.50. The molecule has 1 heterocycles. The van der Waals surface area contributed by atoms with Crippen molar-refractivity contribution in [1.82, 2.24) is 10.2 Å². The fourth-order valence-electron chi connectivity index (χ4n) is 3.66. The first-order valence-electron chi connectivity index (χ1n) is 8.15. The number of amides is 2. The zero-order chi connectivity index (χ0) is 15.9. The van der Waals surface area contributed by atoms with Crippen LogP contribution < -0.4 is 5.32 Å². The topological polar surface area (TPSA) is 83.6 Å². The van der Waals surface area contributed by atoms with Crippen molar-refractivity contribution in [2.45, 2.75) is 50.6 Å². The van der Waals surface area contributed by atoms with Crippen molar-refractivity contribution in [1.29, 1.82) is 0 Å². The lowest BCUT2D eigenvalue weighted by Gasteiger charge is -2.23. The summed E-state index contributed by atoms with van der Waals surface area (Å²) in [7, 11) is -1.33. The van der Waals surface area contributed by atoms with Crippen molar-refractivity contribution in [2.75, 3.05) is 18.6 Å². The molecule has 1 N–H and O–H groups in total. The lowest BCUT2D eigenvalue weighted by Crippen LogP contribution is -2.40. The van der Waals surface area contributed by atoms with Gasteiger partial charge < -0.3 is 10.2 Å². The molecule has 0 aromatic heterocycles. The molecule has 3 fully saturated rings. The molecule has 1 aliphatic heterocycles. The number of carbonyl (C=O) groups excluding carboxylic acids is 2. The quantitative estimate of drug-likeness (QED) is 0.806. The number of nitrogens with one attached hydrogen (secondary N) is 1. The fourth-order valence-corrected chi connectivity index (χ4v) is 5.43. The van der Waals surface area contributed by atoms with Gasteiger partial charge in [0.25, 0.3) is 0 Å². The van der Waals surface area contributed by atoms with Crippen LogP contribution in [0.15, 0.2) is 0 Å². The summed E-state index contributed by atoms with van der Waals surface area (Å²) in [4.78, 5) is 26.1. The van der Waals surface area contributed by atoms with Gasteiger partial charge in [-0.3, -0.25) is 9.59 Å². The third kappa shape index (κ3) is 3.29. The summed E-state index contributed by atoms with van der Waals surface area (Å²) < 4.78 is 23.0. The minimum Gasteiger partial charge on any atom is -0.353 e. The average molecular weight is 328 g/mol. The molecule has 1 saturated heterocycles. The van der Waals surface area contributed by atoms with Crippen LogP contribution in [0.3, 0.4) is 0 Å². The summed E-state index contributed by atoms with van der Waals surface area (Å²) in [6.45, 7) is 0. The van der Waals surface area contributed by atoms with Gasteiger partial charge in [0, 0.05) is 19.1 Å². The number of carbonyl (C=O) groups is 2. The molecule has 2 amide bonds. The van der Waals surface area contributed by atoms with E-state index in [4.69, 9.17) is 0 Å². The molecule has 6 nitrogen and oxygen atoms in total. The Labute approximate surface area is 131 Å². The van der Waals surface area contributed by atoms with Crippen LogP contribution in [0.4, 0.5) is 0 Å². The maximum atomic E-state index is 12.4. The summed E-state index contributed by atoms with van der Waals surface area (Å²) in [5.41, 5.74) is 0. The molecule has 0 aromatic rings. The van der Waals surface area contributed by atoms with Gasteiger partial charge >= 0.3 is 0 Å². The molecule has 22 heavy (non-hydrogen) atoms. The highest BCUT2D eigenvalue weighted by molar-refractivity contribution is 7.91. The van der Waals surface area contributed by atoms with Gasteiger partial charge in [-0.2, -0.15) is 0 Å². The Morgan fingerprint density at radius 1 is 1.09 bits per heavy atom. The molecular weight excluding hydrogens is 304 g/mol. The van der Waals surface area contributed by atoms with Gasteiger partial charge in [-0.1, -0.05) is 12.8 Å². The monoisotopic (exact) mass is 328 g/mol. The maximum Gasteiger partial charge on any atom is 0.226 e. The number of hydrogen-bond donors (Lipinski definition) is 1. The number of sulfone groups is 1. The zero-order valence-corrected chi connectivity index (χ0v) is 13.8. The van der Waals surface area contributed by atoms with Crippen LogP contribution in [0.25, 0.3) is 0 Å². The molecular formula is C15H24N2O4S. The Hall–Kier alpha value is -1.11. The highest BCUT2D eigenvalue weighted by atomic mass is 32.2. The second kappa shape index (κ2) is 5.83. The number of rotatable bonds is 4. The Bertz CT molecular complexity index is 568. The molecule has 0 radical (unpaired) electrons. The first-order chi connectivity index (χ1) is 10.4. The third-order valence-corrected chi connectivity index (χ3v) is 7.00. The SMILES string of the molecule is CN(C(=O)C1CC1C(=O)NC1CCCC1)C1CCS(=O)(=O)C1. The van der Waals surface area contributed by atoms with Gasteiger partial charge in [0.1, 0.15) is 0 Å². The predicted molar refractivity (Wildman–Crippen MR) is 81.8 cm³/mol. The van der Waals surface area contributed by atoms with Crippen LogP contribution in [0.2, 0.25) is 0 Å². The molecule has 3 aliphatic rings. The van der Waals surface area contributed by atoms with Gasteiger partial charge in [-0.25, -0.2) is 8.42 Å². The smallest absolute Gasteiger partial charge is 0.226 e.